The normalized spacial score (nSPS) is 14.7. The topological polar surface area (TPSA) is 39.8 Å². The maximum Gasteiger partial charge on any atom is 0.185 e. The predicted molar refractivity (Wildman–Crippen MR) is 106 cm³/mol. The highest BCUT2D eigenvalue weighted by molar-refractivity contribution is 7.80. The second-order valence-corrected chi connectivity index (χ2v) is 6.24. The molecule has 2 aromatic carbocycles. The zero-order valence-electron chi connectivity index (χ0n) is 14.2. The number of hydrazine groups is 1. The van der Waals surface area contributed by atoms with Crippen molar-refractivity contribution in [3.8, 4) is 0 Å². The number of hydrogen-bond donors (Lipinski definition) is 2. The van der Waals surface area contributed by atoms with E-state index in [9.17, 15) is 0 Å². The van der Waals surface area contributed by atoms with Crippen LogP contribution in [0.2, 0.25) is 0 Å². The Bertz CT molecular complexity index is 607. The number of para-hydroxylation sites is 2. The molecule has 0 amide bonds. The van der Waals surface area contributed by atoms with Gasteiger partial charge in [0.15, 0.2) is 5.11 Å². The van der Waals surface area contributed by atoms with E-state index in [4.69, 9.17) is 17.0 Å². The summed E-state index contributed by atoms with van der Waals surface area (Å²) < 4.78 is 5.37. The highest BCUT2D eigenvalue weighted by Gasteiger charge is 2.12. The lowest BCUT2D eigenvalue weighted by atomic mass is 10.2. The van der Waals surface area contributed by atoms with Gasteiger partial charge in [0.1, 0.15) is 0 Å². The fraction of sp³-hybridized carbons (Fsp3) is 0.316. The van der Waals surface area contributed by atoms with Crippen LogP contribution in [0, 0.1) is 0 Å². The second kappa shape index (κ2) is 9.36. The molecule has 5 nitrogen and oxygen atoms in total. The van der Waals surface area contributed by atoms with Gasteiger partial charge in [0.05, 0.1) is 24.6 Å². The Morgan fingerprint density at radius 1 is 0.960 bits per heavy atom. The first-order valence-electron chi connectivity index (χ1n) is 8.58. The van der Waals surface area contributed by atoms with Crippen molar-refractivity contribution >= 4 is 28.7 Å². The molecule has 2 N–H and O–H groups in total. The third-order valence-electron chi connectivity index (χ3n) is 4.06. The summed E-state index contributed by atoms with van der Waals surface area (Å²) in [7, 11) is 0. The Balaban J connectivity index is 1.57. The van der Waals surface area contributed by atoms with Crippen LogP contribution in [0.15, 0.2) is 60.7 Å². The van der Waals surface area contributed by atoms with E-state index in [0.29, 0.717) is 5.11 Å². The summed E-state index contributed by atoms with van der Waals surface area (Å²) in [6, 6.07) is 20.3. The van der Waals surface area contributed by atoms with Crippen molar-refractivity contribution in [2.75, 3.05) is 44.4 Å². The Labute approximate surface area is 154 Å². The third kappa shape index (κ3) is 5.42. The molecule has 1 aliphatic rings. The number of hydrogen-bond acceptors (Lipinski definition) is 4. The lowest BCUT2D eigenvalue weighted by Crippen LogP contribution is -2.47. The van der Waals surface area contributed by atoms with Gasteiger partial charge in [-0.2, -0.15) is 0 Å². The van der Waals surface area contributed by atoms with Crippen molar-refractivity contribution in [2.45, 2.75) is 0 Å². The van der Waals surface area contributed by atoms with Gasteiger partial charge in [-0.25, -0.2) is 0 Å². The van der Waals surface area contributed by atoms with Crippen LogP contribution >= 0.6 is 12.2 Å². The van der Waals surface area contributed by atoms with Crippen molar-refractivity contribution in [2.24, 2.45) is 0 Å². The van der Waals surface area contributed by atoms with Crippen LogP contribution in [0.1, 0.15) is 0 Å². The van der Waals surface area contributed by atoms with Crippen molar-refractivity contribution in [1.29, 1.82) is 0 Å². The van der Waals surface area contributed by atoms with E-state index in [-0.39, 0.29) is 0 Å². The Hall–Kier alpha value is -2.15. The van der Waals surface area contributed by atoms with Gasteiger partial charge in [0, 0.05) is 26.2 Å². The van der Waals surface area contributed by atoms with Crippen LogP contribution in [0.25, 0.3) is 0 Å². The summed E-state index contributed by atoms with van der Waals surface area (Å²) in [5, 5.41) is 5.90. The number of nitrogens with zero attached hydrogens (tertiary/aromatic N) is 2. The van der Waals surface area contributed by atoms with Gasteiger partial charge in [-0.3, -0.25) is 15.3 Å². The van der Waals surface area contributed by atoms with Crippen molar-refractivity contribution < 1.29 is 4.74 Å². The number of rotatable bonds is 6. The van der Waals surface area contributed by atoms with Gasteiger partial charge in [-0.05, 0) is 36.5 Å². The summed E-state index contributed by atoms with van der Waals surface area (Å²) in [5.41, 5.74) is 5.36. The molecule has 0 atom stereocenters. The Morgan fingerprint density at radius 3 is 2.08 bits per heavy atom. The van der Waals surface area contributed by atoms with E-state index in [0.717, 1.165) is 50.8 Å². The van der Waals surface area contributed by atoms with Gasteiger partial charge in [0.2, 0.25) is 0 Å². The second-order valence-electron chi connectivity index (χ2n) is 5.83. The smallest absolute Gasteiger partial charge is 0.185 e. The minimum Gasteiger partial charge on any atom is -0.379 e. The standard InChI is InChI=1S/C19H24N4OS/c25-19(20-11-12-22-13-15-24-16-14-22)21-23(17-7-3-1-4-8-17)18-9-5-2-6-10-18/h1-10H,11-16H2,(H2,20,21,25). The molecule has 0 aromatic heterocycles. The SMILES string of the molecule is S=C(NCCN1CCOCC1)NN(c1ccccc1)c1ccccc1. The average molecular weight is 356 g/mol. The maximum absolute atomic E-state index is 5.49. The molecule has 6 heteroatoms. The van der Waals surface area contributed by atoms with E-state index in [2.05, 4.69) is 39.9 Å². The maximum atomic E-state index is 5.49. The van der Waals surface area contributed by atoms with Crippen molar-refractivity contribution in [1.82, 2.24) is 15.6 Å². The van der Waals surface area contributed by atoms with Crippen LogP contribution in [-0.4, -0.2) is 49.4 Å². The molecule has 0 bridgehead atoms. The lowest BCUT2D eigenvalue weighted by Gasteiger charge is -2.29. The van der Waals surface area contributed by atoms with Gasteiger partial charge in [0.25, 0.3) is 0 Å². The molecule has 1 fully saturated rings. The molecular formula is C19H24N4OS. The number of thiocarbonyl (C=S) groups is 1. The van der Waals surface area contributed by atoms with Gasteiger partial charge >= 0.3 is 0 Å². The molecule has 2 aromatic rings. The van der Waals surface area contributed by atoms with E-state index < -0.39 is 0 Å². The quantitative estimate of drug-likeness (QED) is 0.612. The van der Waals surface area contributed by atoms with Gasteiger partial charge in [-0.15, -0.1) is 0 Å². The van der Waals surface area contributed by atoms with E-state index in [1.54, 1.807) is 0 Å². The summed E-state index contributed by atoms with van der Waals surface area (Å²) in [5.74, 6) is 0. The predicted octanol–water partition coefficient (Wildman–Crippen LogP) is 2.54. The molecule has 0 saturated carbocycles. The van der Waals surface area contributed by atoms with Crippen LogP contribution < -0.4 is 15.8 Å². The van der Waals surface area contributed by atoms with Crippen LogP contribution in [0.4, 0.5) is 11.4 Å². The van der Waals surface area contributed by atoms with Gasteiger partial charge in [-0.1, -0.05) is 36.4 Å². The molecular weight excluding hydrogens is 332 g/mol. The molecule has 0 aliphatic carbocycles. The molecule has 1 aliphatic heterocycles. The molecule has 132 valence electrons. The monoisotopic (exact) mass is 356 g/mol. The highest BCUT2D eigenvalue weighted by Crippen LogP contribution is 2.22. The minimum atomic E-state index is 0.612. The fourth-order valence-electron chi connectivity index (χ4n) is 2.73. The van der Waals surface area contributed by atoms with E-state index in [1.807, 2.05) is 41.4 Å². The molecule has 1 saturated heterocycles. The molecule has 1 heterocycles. The van der Waals surface area contributed by atoms with Crippen LogP contribution in [0.5, 0.6) is 0 Å². The molecule has 0 unspecified atom stereocenters. The first-order valence-corrected chi connectivity index (χ1v) is 8.98. The molecule has 3 rings (SSSR count). The first kappa shape index (κ1) is 17.7. The summed E-state index contributed by atoms with van der Waals surface area (Å²) in [6.07, 6.45) is 0. The molecule has 0 spiro atoms. The summed E-state index contributed by atoms with van der Waals surface area (Å²) in [6.45, 7) is 5.38. The van der Waals surface area contributed by atoms with E-state index in [1.165, 1.54) is 0 Å². The average Bonchev–Trinajstić information content (AvgIpc) is 2.68. The summed E-state index contributed by atoms with van der Waals surface area (Å²) in [4.78, 5) is 2.38. The number of morpholine rings is 1. The number of benzene rings is 2. The first-order chi connectivity index (χ1) is 12.3. The Morgan fingerprint density at radius 2 is 1.52 bits per heavy atom. The van der Waals surface area contributed by atoms with E-state index >= 15 is 0 Å². The van der Waals surface area contributed by atoms with Crippen LogP contribution in [-0.2, 0) is 4.74 Å². The largest absolute Gasteiger partial charge is 0.379 e. The molecule has 25 heavy (non-hydrogen) atoms. The zero-order chi connectivity index (χ0) is 17.3. The molecule has 0 radical (unpaired) electrons. The lowest BCUT2D eigenvalue weighted by molar-refractivity contribution is 0.0389. The number of anilines is 2. The zero-order valence-corrected chi connectivity index (χ0v) is 15.0. The summed E-state index contributed by atoms with van der Waals surface area (Å²) >= 11 is 5.49. The third-order valence-corrected chi connectivity index (χ3v) is 4.30. The Kier molecular flexibility index (Phi) is 6.62. The fourth-order valence-corrected chi connectivity index (χ4v) is 2.92. The number of ether oxygens (including phenoxy) is 1. The highest BCUT2D eigenvalue weighted by atomic mass is 32.1. The van der Waals surface area contributed by atoms with Crippen molar-refractivity contribution in [3.05, 3.63) is 60.7 Å². The number of nitrogens with one attached hydrogen (secondary N) is 2. The minimum absolute atomic E-state index is 0.612. The van der Waals surface area contributed by atoms with Gasteiger partial charge < -0.3 is 10.1 Å². The van der Waals surface area contributed by atoms with Crippen LogP contribution in [0.3, 0.4) is 0 Å². The van der Waals surface area contributed by atoms with Crippen molar-refractivity contribution in [3.63, 3.8) is 0 Å².